The number of methoxy groups -OCH3 is 2. The molecule has 0 aliphatic heterocycles. The summed E-state index contributed by atoms with van der Waals surface area (Å²) in [6, 6.07) is 12.0. The second kappa shape index (κ2) is 11.7. The van der Waals surface area contributed by atoms with Gasteiger partial charge in [-0.2, -0.15) is 0 Å². The molecule has 0 saturated heterocycles. The van der Waals surface area contributed by atoms with Crippen molar-refractivity contribution in [2.45, 2.75) is 58.0 Å². The maximum absolute atomic E-state index is 12.4. The lowest BCUT2D eigenvalue weighted by atomic mass is 10.1. The van der Waals surface area contributed by atoms with Crippen molar-refractivity contribution in [3.63, 3.8) is 0 Å². The van der Waals surface area contributed by atoms with Gasteiger partial charge in [-0.25, -0.2) is 9.59 Å². The Balaban J connectivity index is 2.23. The maximum Gasteiger partial charge on any atom is 0.408 e. The number of hydrogen-bond donors (Lipinski definition) is 1. The molecule has 1 amide bonds. The van der Waals surface area contributed by atoms with Gasteiger partial charge in [0.2, 0.25) is 0 Å². The molecule has 1 atom stereocenters. The normalized spacial score (nSPS) is 12.5. The molecule has 0 fully saturated rings. The number of esters is 1. The van der Waals surface area contributed by atoms with E-state index in [9.17, 15) is 9.59 Å². The van der Waals surface area contributed by atoms with Crippen LogP contribution in [0.2, 0.25) is 18.1 Å². The Bertz CT molecular complexity index is 991. The van der Waals surface area contributed by atoms with E-state index in [0.717, 1.165) is 11.1 Å². The smallest absolute Gasteiger partial charge is 0.408 e. The van der Waals surface area contributed by atoms with Gasteiger partial charge in [-0.1, -0.05) is 51.1 Å². The summed E-state index contributed by atoms with van der Waals surface area (Å²) in [6.07, 6.45) is -0.520. The number of alkyl carbamates (subject to hydrolysis) is 1. The van der Waals surface area contributed by atoms with Crippen molar-refractivity contribution in [1.29, 1.82) is 0 Å². The van der Waals surface area contributed by atoms with E-state index in [4.69, 9.17) is 18.6 Å². The van der Waals surface area contributed by atoms with Gasteiger partial charge >= 0.3 is 12.1 Å². The summed E-state index contributed by atoms with van der Waals surface area (Å²) >= 11 is 3.54. The van der Waals surface area contributed by atoms with Gasteiger partial charge in [-0.15, -0.1) is 0 Å². The fraction of sp³-hybridized carbons (Fsp3) is 0.440. The van der Waals surface area contributed by atoms with E-state index in [1.807, 2.05) is 42.5 Å². The number of rotatable bonds is 9. The van der Waals surface area contributed by atoms with Gasteiger partial charge in [0.25, 0.3) is 8.32 Å². The van der Waals surface area contributed by atoms with Crippen molar-refractivity contribution in [2.24, 2.45) is 0 Å². The third-order valence-electron chi connectivity index (χ3n) is 5.88. The maximum atomic E-state index is 12.4. The monoisotopic (exact) mass is 551 g/mol. The molecule has 0 bridgehead atoms. The summed E-state index contributed by atoms with van der Waals surface area (Å²) in [5.41, 5.74) is 1.61. The molecule has 1 N–H and O–H groups in total. The van der Waals surface area contributed by atoms with Crippen molar-refractivity contribution in [3.8, 4) is 11.5 Å². The molecule has 0 aromatic heterocycles. The first kappa shape index (κ1) is 27.7. The van der Waals surface area contributed by atoms with E-state index in [-0.39, 0.29) is 18.1 Å². The van der Waals surface area contributed by atoms with E-state index in [1.165, 1.54) is 7.11 Å². The summed E-state index contributed by atoms with van der Waals surface area (Å²) < 4.78 is 22.9. The predicted octanol–water partition coefficient (Wildman–Crippen LogP) is 5.85. The fourth-order valence-corrected chi connectivity index (χ4v) is 4.58. The summed E-state index contributed by atoms with van der Waals surface area (Å²) in [7, 11) is 0.704. The van der Waals surface area contributed by atoms with Crippen LogP contribution in [-0.2, 0) is 27.3 Å². The third kappa shape index (κ3) is 7.49. The number of ether oxygens (including phenoxy) is 3. The fourth-order valence-electron chi connectivity index (χ4n) is 2.92. The number of carbonyl (C=O) groups is 2. The van der Waals surface area contributed by atoms with Crippen LogP contribution < -0.4 is 14.5 Å². The van der Waals surface area contributed by atoms with Crippen molar-refractivity contribution in [3.05, 3.63) is 58.1 Å². The Morgan fingerprint density at radius 1 is 1.06 bits per heavy atom. The molecule has 0 aliphatic rings. The Morgan fingerprint density at radius 2 is 1.71 bits per heavy atom. The molecule has 0 saturated carbocycles. The topological polar surface area (TPSA) is 83.1 Å². The number of hydrogen-bond acceptors (Lipinski definition) is 6. The van der Waals surface area contributed by atoms with Crippen LogP contribution in [-0.4, -0.2) is 40.6 Å². The molecule has 0 heterocycles. The average Bonchev–Trinajstić information content (AvgIpc) is 2.76. The zero-order chi connectivity index (χ0) is 25.5. The van der Waals surface area contributed by atoms with Crippen LogP contribution in [0.1, 0.15) is 31.9 Å². The summed E-state index contributed by atoms with van der Waals surface area (Å²) in [6.45, 7) is 10.9. The Morgan fingerprint density at radius 3 is 2.26 bits per heavy atom. The van der Waals surface area contributed by atoms with E-state index >= 15 is 0 Å². The lowest BCUT2D eigenvalue weighted by Crippen LogP contribution is -2.44. The van der Waals surface area contributed by atoms with Crippen LogP contribution in [0.3, 0.4) is 0 Å². The van der Waals surface area contributed by atoms with Crippen LogP contribution in [0.15, 0.2) is 46.9 Å². The van der Waals surface area contributed by atoms with Crippen LogP contribution in [0.5, 0.6) is 11.5 Å². The molecule has 2 aromatic carbocycles. The van der Waals surface area contributed by atoms with E-state index in [2.05, 4.69) is 55.1 Å². The highest BCUT2D eigenvalue weighted by molar-refractivity contribution is 9.10. The molecular formula is C25H34BrNO6Si. The van der Waals surface area contributed by atoms with Crippen LogP contribution in [0, 0.1) is 0 Å². The molecule has 0 spiro atoms. The molecule has 7 nitrogen and oxygen atoms in total. The Hall–Kier alpha value is -2.52. The van der Waals surface area contributed by atoms with Gasteiger partial charge in [0, 0.05) is 6.42 Å². The van der Waals surface area contributed by atoms with Gasteiger partial charge in [-0.3, -0.25) is 0 Å². The van der Waals surface area contributed by atoms with Gasteiger partial charge in [-0.05, 0) is 57.3 Å². The molecule has 2 aromatic rings. The van der Waals surface area contributed by atoms with E-state index in [1.54, 1.807) is 7.11 Å². The highest BCUT2D eigenvalue weighted by Crippen LogP contribution is 2.43. The zero-order valence-electron chi connectivity index (χ0n) is 20.9. The molecule has 186 valence electrons. The first-order valence-electron chi connectivity index (χ1n) is 11.0. The second-order valence-corrected chi connectivity index (χ2v) is 15.0. The first-order valence-corrected chi connectivity index (χ1v) is 14.7. The molecule has 0 unspecified atom stereocenters. The second-order valence-electron chi connectivity index (χ2n) is 9.46. The lowest BCUT2D eigenvalue weighted by molar-refractivity contribution is -0.143. The van der Waals surface area contributed by atoms with Crippen molar-refractivity contribution in [1.82, 2.24) is 5.32 Å². The minimum Gasteiger partial charge on any atom is -0.541 e. The van der Waals surface area contributed by atoms with Gasteiger partial charge in [0.1, 0.15) is 18.4 Å². The van der Waals surface area contributed by atoms with E-state index < -0.39 is 26.4 Å². The minimum absolute atomic E-state index is 0.0148. The first-order chi connectivity index (χ1) is 15.9. The van der Waals surface area contributed by atoms with Crippen LogP contribution >= 0.6 is 15.9 Å². The highest BCUT2D eigenvalue weighted by atomic mass is 79.9. The van der Waals surface area contributed by atoms with Crippen molar-refractivity contribution in [2.75, 3.05) is 14.2 Å². The highest BCUT2D eigenvalue weighted by Gasteiger charge is 2.40. The molecule has 2 rings (SSSR count). The number of amides is 1. The number of benzene rings is 2. The molecule has 34 heavy (non-hydrogen) atoms. The molecular weight excluding hydrogens is 518 g/mol. The third-order valence-corrected chi connectivity index (χ3v) is 10.8. The van der Waals surface area contributed by atoms with Gasteiger partial charge in [0.05, 0.1) is 18.7 Å². The quantitative estimate of drug-likeness (QED) is 0.310. The number of nitrogens with one attached hydrogen (secondary N) is 1. The molecule has 0 radical (unpaired) electrons. The zero-order valence-corrected chi connectivity index (χ0v) is 23.4. The van der Waals surface area contributed by atoms with Gasteiger partial charge in [0.15, 0.2) is 5.75 Å². The summed E-state index contributed by atoms with van der Waals surface area (Å²) in [5.74, 6) is 0.600. The Labute approximate surface area is 211 Å². The summed E-state index contributed by atoms with van der Waals surface area (Å²) in [4.78, 5) is 24.8. The molecule has 0 aliphatic carbocycles. The van der Waals surface area contributed by atoms with Crippen LogP contribution in [0.4, 0.5) is 4.79 Å². The van der Waals surface area contributed by atoms with Crippen molar-refractivity contribution >= 4 is 36.3 Å². The van der Waals surface area contributed by atoms with Crippen molar-refractivity contribution < 1.29 is 28.2 Å². The van der Waals surface area contributed by atoms with Crippen LogP contribution in [0.25, 0.3) is 0 Å². The van der Waals surface area contributed by atoms with Gasteiger partial charge < -0.3 is 24.0 Å². The van der Waals surface area contributed by atoms with E-state index in [0.29, 0.717) is 16.0 Å². The largest absolute Gasteiger partial charge is 0.541 e. The predicted molar refractivity (Wildman–Crippen MR) is 138 cm³/mol. The number of halogens is 1. The Kier molecular flexibility index (Phi) is 9.58. The molecule has 9 heteroatoms. The number of carbonyl (C=O) groups excluding carboxylic acids is 2. The SMILES string of the molecule is COC(=O)[C@H](Cc1cc(Br)c(OC)c(O[Si](C)(C)C(C)(C)C)c1)NC(=O)OCc1ccccc1. The standard InChI is InChI=1S/C25H34BrNO6Si/c1-25(2,3)34(6,7)33-21-15-18(13-19(26)22(21)30-4)14-20(23(28)31-5)27-24(29)32-16-17-11-9-8-10-12-17/h8-13,15,20H,14,16H2,1-7H3,(H,27,29)/t20-/m0/s1. The summed E-state index contributed by atoms with van der Waals surface area (Å²) in [5, 5.41) is 2.60. The minimum atomic E-state index is -2.16. The average molecular weight is 553 g/mol. The lowest BCUT2D eigenvalue weighted by Gasteiger charge is -2.37.